The Balaban J connectivity index is 1.43. The van der Waals surface area contributed by atoms with Crippen molar-refractivity contribution in [1.82, 2.24) is 4.31 Å². The van der Waals surface area contributed by atoms with Gasteiger partial charge in [-0.2, -0.15) is 4.31 Å². The van der Waals surface area contributed by atoms with Gasteiger partial charge in [0.1, 0.15) is 10.6 Å². The van der Waals surface area contributed by atoms with E-state index in [2.05, 4.69) is 0 Å². The van der Waals surface area contributed by atoms with Crippen LogP contribution in [0.1, 0.15) is 12.8 Å². The molecule has 5 nitrogen and oxygen atoms in total. The fourth-order valence-electron chi connectivity index (χ4n) is 3.62. The van der Waals surface area contributed by atoms with Gasteiger partial charge in [-0.05, 0) is 47.9 Å². The number of nitrogens with zero attached hydrogens (tertiary/aromatic N) is 1. The van der Waals surface area contributed by atoms with Crippen molar-refractivity contribution in [2.24, 2.45) is 5.92 Å². The highest BCUT2D eigenvalue weighted by Gasteiger charge is 2.35. The number of carbonyl (C=O) groups excluding carboxylic acids is 1. The first kappa shape index (κ1) is 21.1. The SMILES string of the molecule is O=C(Oc1ccc2ccccc2c1)C1CCN(S(=O)(=O)c2c(Cl)cccc2Cl)CC1. The third kappa shape index (κ3) is 4.18. The van der Waals surface area contributed by atoms with Gasteiger partial charge in [0.25, 0.3) is 0 Å². The Labute approximate surface area is 185 Å². The lowest BCUT2D eigenvalue weighted by Gasteiger charge is -2.30. The van der Waals surface area contributed by atoms with Gasteiger partial charge in [-0.3, -0.25) is 4.79 Å². The van der Waals surface area contributed by atoms with E-state index in [0.717, 1.165) is 10.8 Å². The van der Waals surface area contributed by atoms with E-state index in [4.69, 9.17) is 27.9 Å². The Kier molecular flexibility index (Phi) is 6.02. The van der Waals surface area contributed by atoms with Gasteiger partial charge in [-0.25, -0.2) is 8.42 Å². The minimum atomic E-state index is -3.84. The quantitative estimate of drug-likeness (QED) is 0.396. The van der Waals surface area contributed by atoms with E-state index >= 15 is 0 Å². The van der Waals surface area contributed by atoms with Crippen molar-refractivity contribution >= 4 is 50.0 Å². The van der Waals surface area contributed by atoms with E-state index in [1.165, 1.54) is 16.4 Å². The second-order valence-electron chi connectivity index (χ2n) is 7.16. The highest BCUT2D eigenvalue weighted by atomic mass is 35.5. The topological polar surface area (TPSA) is 63.7 Å². The Hall–Kier alpha value is -2.12. The molecule has 3 aromatic rings. The highest BCUT2D eigenvalue weighted by molar-refractivity contribution is 7.89. The lowest BCUT2D eigenvalue weighted by Crippen LogP contribution is -2.41. The molecule has 1 aliphatic heterocycles. The number of ether oxygens (including phenoxy) is 1. The van der Waals surface area contributed by atoms with Crippen LogP contribution in [0.5, 0.6) is 5.75 Å². The molecule has 0 aromatic heterocycles. The van der Waals surface area contributed by atoms with Crippen molar-refractivity contribution in [3.63, 3.8) is 0 Å². The molecule has 0 spiro atoms. The third-order valence-electron chi connectivity index (χ3n) is 5.24. The molecule has 8 heteroatoms. The van der Waals surface area contributed by atoms with Crippen molar-refractivity contribution in [3.05, 3.63) is 70.7 Å². The van der Waals surface area contributed by atoms with E-state index in [-0.39, 0.29) is 39.9 Å². The van der Waals surface area contributed by atoms with E-state index in [1.54, 1.807) is 12.1 Å². The molecule has 0 radical (unpaired) electrons. The predicted molar refractivity (Wildman–Crippen MR) is 118 cm³/mol. The molecule has 4 rings (SSSR count). The molecule has 0 unspecified atom stereocenters. The van der Waals surface area contributed by atoms with Crippen LogP contribution in [0, 0.1) is 5.92 Å². The van der Waals surface area contributed by atoms with Crippen molar-refractivity contribution in [2.75, 3.05) is 13.1 Å². The molecule has 0 N–H and O–H groups in total. The number of esters is 1. The largest absolute Gasteiger partial charge is 0.426 e. The van der Waals surface area contributed by atoms with Crippen LogP contribution in [0.15, 0.2) is 65.6 Å². The molecule has 1 aliphatic rings. The van der Waals surface area contributed by atoms with Crippen molar-refractivity contribution in [1.29, 1.82) is 0 Å². The predicted octanol–water partition coefficient (Wildman–Crippen LogP) is 5.15. The molecular weight excluding hydrogens is 445 g/mol. The lowest BCUT2D eigenvalue weighted by atomic mass is 9.98. The molecule has 0 bridgehead atoms. The average molecular weight is 464 g/mol. The molecule has 3 aromatic carbocycles. The molecule has 1 fully saturated rings. The van der Waals surface area contributed by atoms with Gasteiger partial charge < -0.3 is 4.74 Å². The molecular formula is C22H19Cl2NO4S. The molecule has 1 saturated heterocycles. The number of halogens is 2. The van der Waals surface area contributed by atoms with Crippen molar-refractivity contribution in [2.45, 2.75) is 17.7 Å². The molecule has 30 heavy (non-hydrogen) atoms. The van der Waals surface area contributed by atoms with Crippen LogP contribution in [-0.4, -0.2) is 31.8 Å². The molecule has 0 saturated carbocycles. The minimum absolute atomic E-state index is 0.0836. The van der Waals surface area contributed by atoms with Gasteiger partial charge in [0.15, 0.2) is 0 Å². The number of carbonyl (C=O) groups is 1. The maximum Gasteiger partial charge on any atom is 0.314 e. The summed E-state index contributed by atoms with van der Waals surface area (Å²) in [5.41, 5.74) is 0. The standard InChI is InChI=1S/C22H19Cl2NO4S/c23-19-6-3-7-20(24)21(19)30(27,28)25-12-10-16(11-13-25)22(26)29-18-9-8-15-4-1-2-5-17(15)14-18/h1-9,14,16H,10-13H2. The van der Waals surface area contributed by atoms with Gasteiger partial charge in [-0.1, -0.05) is 59.6 Å². The van der Waals surface area contributed by atoms with Gasteiger partial charge in [0.2, 0.25) is 10.0 Å². The summed E-state index contributed by atoms with van der Waals surface area (Å²) in [4.78, 5) is 12.5. The second kappa shape index (κ2) is 8.55. The van der Waals surface area contributed by atoms with Crippen LogP contribution in [0.3, 0.4) is 0 Å². The first-order valence-corrected chi connectivity index (χ1v) is 11.7. The van der Waals surface area contributed by atoms with Crippen LogP contribution in [0.25, 0.3) is 10.8 Å². The summed E-state index contributed by atoms with van der Waals surface area (Å²) in [6.07, 6.45) is 0.738. The van der Waals surface area contributed by atoms with Crippen LogP contribution in [0.2, 0.25) is 10.0 Å². The van der Waals surface area contributed by atoms with Gasteiger partial charge in [0, 0.05) is 13.1 Å². The van der Waals surface area contributed by atoms with Crippen LogP contribution >= 0.6 is 23.2 Å². The summed E-state index contributed by atoms with van der Waals surface area (Å²) in [5, 5.41) is 2.22. The molecule has 0 aliphatic carbocycles. The van der Waals surface area contributed by atoms with Gasteiger partial charge >= 0.3 is 5.97 Å². The number of benzene rings is 3. The van der Waals surface area contributed by atoms with Crippen LogP contribution in [-0.2, 0) is 14.8 Å². The lowest BCUT2D eigenvalue weighted by molar-refractivity contribution is -0.140. The maximum absolute atomic E-state index is 13.0. The second-order valence-corrected chi connectivity index (χ2v) is 9.85. The molecule has 1 heterocycles. The summed E-state index contributed by atoms with van der Waals surface area (Å²) in [7, 11) is -3.84. The van der Waals surface area contributed by atoms with E-state index in [1.807, 2.05) is 36.4 Å². The monoisotopic (exact) mass is 463 g/mol. The average Bonchev–Trinajstić information content (AvgIpc) is 2.73. The van der Waals surface area contributed by atoms with Crippen LogP contribution < -0.4 is 4.74 Å². The fourth-order valence-corrected chi connectivity index (χ4v) is 6.18. The number of hydrogen-bond acceptors (Lipinski definition) is 4. The van der Waals surface area contributed by atoms with Crippen LogP contribution in [0.4, 0.5) is 0 Å². The smallest absolute Gasteiger partial charge is 0.314 e. The Bertz CT molecular complexity index is 1180. The molecule has 0 amide bonds. The van der Waals surface area contributed by atoms with E-state index in [9.17, 15) is 13.2 Å². The Morgan fingerprint density at radius 1 is 0.900 bits per heavy atom. The normalized spacial score (nSPS) is 15.9. The molecule has 156 valence electrons. The zero-order valence-corrected chi connectivity index (χ0v) is 18.3. The zero-order chi connectivity index (χ0) is 21.3. The minimum Gasteiger partial charge on any atom is -0.426 e. The fraction of sp³-hybridized carbons (Fsp3) is 0.227. The third-order valence-corrected chi connectivity index (χ3v) is 8.10. The summed E-state index contributed by atoms with van der Waals surface area (Å²) in [6.45, 7) is 0.392. The number of fused-ring (bicyclic) bond motifs is 1. The van der Waals surface area contributed by atoms with Gasteiger partial charge in [0.05, 0.1) is 16.0 Å². The summed E-state index contributed by atoms with van der Waals surface area (Å²) >= 11 is 12.2. The first-order chi connectivity index (χ1) is 14.4. The number of rotatable bonds is 4. The summed E-state index contributed by atoms with van der Waals surface area (Å²) in [6, 6.07) is 17.9. The zero-order valence-electron chi connectivity index (χ0n) is 15.9. The van der Waals surface area contributed by atoms with Crippen molar-refractivity contribution in [3.8, 4) is 5.75 Å². The van der Waals surface area contributed by atoms with Gasteiger partial charge in [-0.15, -0.1) is 0 Å². The highest BCUT2D eigenvalue weighted by Crippen LogP contribution is 2.33. The Morgan fingerprint density at radius 3 is 2.20 bits per heavy atom. The summed E-state index contributed by atoms with van der Waals surface area (Å²) in [5.74, 6) is -0.237. The Morgan fingerprint density at radius 2 is 1.53 bits per heavy atom. The van der Waals surface area contributed by atoms with E-state index < -0.39 is 10.0 Å². The summed E-state index contributed by atoms with van der Waals surface area (Å²) < 4.78 is 32.8. The maximum atomic E-state index is 13.0. The number of piperidine rings is 1. The van der Waals surface area contributed by atoms with E-state index in [0.29, 0.717) is 18.6 Å². The molecule has 0 atom stereocenters. The number of sulfonamides is 1. The van der Waals surface area contributed by atoms with Crippen molar-refractivity contribution < 1.29 is 17.9 Å². The number of hydrogen-bond donors (Lipinski definition) is 0. The first-order valence-electron chi connectivity index (χ1n) is 9.51.